The normalized spacial score (nSPS) is 13.8. The summed E-state index contributed by atoms with van der Waals surface area (Å²) in [5.74, 6) is -0.0285. The summed E-state index contributed by atoms with van der Waals surface area (Å²) in [5, 5.41) is 13.5. The first-order valence-electron chi connectivity index (χ1n) is 11.3. The monoisotopic (exact) mass is 450 g/mol. The van der Waals surface area contributed by atoms with Crippen LogP contribution in [0.2, 0.25) is 0 Å². The third-order valence-corrected chi connectivity index (χ3v) is 5.66. The number of nitrogens with one attached hydrogen (secondary N) is 1. The van der Waals surface area contributed by atoms with E-state index < -0.39 is 4.92 Å². The van der Waals surface area contributed by atoms with Gasteiger partial charge in [-0.15, -0.1) is 0 Å². The molecular formula is C25H30N4O4. The summed E-state index contributed by atoms with van der Waals surface area (Å²) in [6.45, 7) is 5.19. The Morgan fingerprint density at radius 3 is 2.27 bits per heavy atom. The van der Waals surface area contributed by atoms with E-state index in [1.165, 1.54) is 18.2 Å². The van der Waals surface area contributed by atoms with E-state index in [1.807, 2.05) is 29.2 Å². The van der Waals surface area contributed by atoms with Gasteiger partial charge in [0.2, 0.25) is 11.8 Å². The van der Waals surface area contributed by atoms with Gasteiger partial charge in [-0.3, -0.25) is 19.7 Å². The van der Waals surface area contributed by atoms with Gasteiger partial charge in [-0.05, 0) is 54.5 Å². The first kappa shape index (κ1) is 24.0. The number of rotatable bonds is 9. The third kappa shape index (κ3) is 7.17. The molecule has 1 fully saturated rings. The van der Waals surface area contributed by atoms with Crippen LogP contribution >= 0.6 is 0 Å². The minimum absolute atomic E-state index is 0.0108. The molecule has 0 saturated carbocycles. The maximum absolute atomic E-state index is 12.3. The van der Waals surface area contributed by atoms with Gasteiger partial charge >= 0.3 is 0 Å². The molecule has 174 valence electrons. The predicted molar refractivity (Wildman–Crippen MR) is 130 cm³/mol. The molecule has 1 heterocycles. The highest BCUT2D eigenvalue weighted by Gasteiger charge is 2.20. The van der Waals surface area contributed by atoms with Crippen LogP contribution in [0.25, 0.3) is 6.08 Å². The van der Waals surface area contributed by atoms with Crippen LogP contribution in [-0.2, 0) is 9.59 Å². The van der Waals surface area contributed by atoms with Crippen LogP contribution in [0.3, 0.4) is 0 Å². The van der Waals surface area contributed by atoms with E-state index in [0.29, 0.717) is 17.7 Å². The van der Waals surface area contributed by atoms with Gasteiger partial charge in [0.1, 0.15) is 0 Å². The molecule has 2 aromatic rings. The van der Waals surface area contributed by atoms with E-state index in [9.17, 15) is 19.7 Å². The van der Waals surface area contributed by atoms with Crippen molar-refractivity contribution in [3.8, 4) is 0 Å². The SMILES string of the molecule is CCCCCC(=O)N1CCN(c2ccc(NC(=O)C=Cc3ccc([N+](=O)[O-])cc3)cc2)CC1. The Balaban J connectivity index is 1.46. The van der Waals surface area contributed by atoms with Gasteiger partial charge in [0, 0.05) is 62.2 Å². The molecule has 0 bridgehead atoms. The molecule has 0 spiro atoms. The molecule has 1 aliphatic rings. The fourth-order valence-corrected chi connectivity index (χ4v) is 3.72. The van der Waals surface area contributed by atoms with Crippen LogP contribution in [0.1, 0.15) is 38.2 Å². The molecule has 0 radical (unpaired) electrons. The number of nitrogens with zero attached hydrogens (tertiary/aromatic N) is 3. The summed E-state index contributed by atoms with van der Waals surface area (Å²) in [6, 6.07) is 13.6. The summed E-state index contributed by atoms with van der Waals surface area (Å²) >= 11 is 0. The smallest absolute Gasteiger partial charge is 0.269 e. The van der Waals surface area contributed by atoms with Gasteiger partial charge in [-0.25, -0.2) is 0 Å². The van der Waals surface area contributed by atoms with Gasteiger partial charge in [0.05, 0.1) is 4.92 Å². The van der Waals surface area contributed by atoms with Crippen LogP contribution in [0.5, 0.6) is 0 Å². The summed E-state index contributed by atoms with van der Waals surface area (Å²) in [6.07, 6.45) is 6.82. The minimum Gasteiger partial charge on any atom is -0.368 e. The van der Waals surface area contributed by atoms with Crippen molar-refractivity contribution in [1.29, 1.82) is 0 Å². The average Bonchev–Trinajstić information content (AvgIpc) is 2.83. The number of unbranched alkanes of at least 4 members (excludes halogenated alkanes) is 2. The molecule has 2 amide bonds. The van der Waals surface area contributed by atoms with Crippen LogP contribution < -0.4 is 10.2 Å². The van der Waals surface area contributed by atoms with Gasteiger partial charge in [-0.1, -0.05) is 19.8 Å². The highest BCUT2D eigenvalue weighted by molar-refractivity contribution is 6.02. The molecule has 0 unspecified atom stereocenters. The molecule has 1 saturated heterocycles. The van der Waals surface area contributed by atoms with Gasteiger partial charge in [0.25, 0.3) is 5.69 Å². The Hall–Kier alpha value is -3.68. The van der Waals surface area contributed by atoms with E-state index in [0.717, 1.165) is 51.1 Å². The van der Waals surface area contributed by atoms with Crippen molar-refractivity contribution < 1.29 is 14.5 Å². The summed E-state index contributed by atoms with van der Waals surface area (Å²) in [7, 11) is 0. The highest BCUT2D eigenvalue weighted by Crippen LogP contribution is 2.20. The molecule has 0 aliphatic carbocycles. The quantitative estimate of drug-likeness (QED) is 0.263. The minimum atomic E-state index is -0.460. The average molecular weight is 451 g/mol. The summed E-state index contributed by atoms with van der Waals surface area (Å²) < 4.78 is 0. The maximum Gasteiger partial charge on any atom is 0.269 e. The number of anilines is 2. The van der Waals surface area contributed by atoms with Crippen molar-refractivity contribution in [2.75, 3.05) is 36.4 Å². The van der Waals surface area contributed by atoms with E-state index >= 15 is 0 Å². The number of carbonyl (C=O) groups excluding carboxylic acids is 2. The Kier molecular flexibility index (Phi) is 8.57. The number of hydrogen-bond acceptors (Lipinski definition) is 5. The van der Waals surface area contributed by atoms with E-state index in [-0.39, 0.29) is 17.5 Å². The second kappa shape index (κ2) is 11.8. The van der Waals surface area contributed by atoms with Crippen molar-refractivity contribution in [2.24, 2.45) is 0 Å². The number of nitro groups is 1. The molecule has 3 rings (SSSR count). The van der Waals surface area contributed by atoms with E-state index in [1.54, 1.807) is 18.2 Å². The first-order valence-corrected chi connectivity index (χ1v) is 11.3. The lowest BCUT2D eigenvalue weighted by Crippen LogP contribution is -2.48. The fraction of sp³-hybridized carbons (Fsp3) is 0.360. The lowest BCUT2D eigenvalue weighted by atomic mass is 10.1. The molecule has 2 aromatic carbocycles. The zero-order valence-electron chi connectivity index (χ0n) is 18.9. The van der Waals surface area contributed by atoms with Crippen molar-refractivity contribution in [2.45, 2.75) is 32.6 Å². The number of benzene rings is 2. The number of piperazine rings is 1. The first-order chi connectivity index (χ1) is 16.0. The van der Waals surface area contributed by atoms with Crippen molar-refractivity contribution in [3.05, 3.63) is 70.3 Å². The lowest BCUT2D eigenvalue weighted by Gasteiger charge is -2.36. The number of non-ortho nitro benzene ring substituents is 1. The Labute approximate surface area is 194 Å². The second-order valence-electron chi connectivity index (χ2n) is 8.04. The van der Waals surface area contributed by atoms with Gasteiger partial charge in [-0.2, -0.15) is 0 Å². The van der Waals surface area contributed by atoms with Gasteiger partial charge in [0.15, 0.2) is 0 Å². The Morgan fingerprint density at radius 1 is 1.00 bits per heavy atom. The number of nitro benzene ring substituents is 1. The molecule has 8 heteroatoms. The van der Waals surface area contributed by atoms with Crippen LogP contribution in [0, 0.1) is 10.1 Å². The standard InChI is InChI=1S/C25H30N4O4/c1-2-3-4-5-25(31)28-18-16-27(17-19-28)22-13-9-21(10-14-22)26-24(30)15-8-20-6-11-23(12-7-20)29(32)33/h6-15H,2-5,16-19H2,1H3,(H,26,30). The maximum atomic E-state index is 12.3. The zero-order valence-corrected chi connectivity index (χ0v) is 18.9. The molecular weight excluding hydrogens is 420 g/mol. The molecule has 1 N–H and O–H groups in total. The van der Waals surface area contributed by atoms with E-state index in [4.69, 9.17) is 0 Å². The number of carbonyl (C=O) groups is 2. The second-order valence-corrected chi connectivity index (χ2v) is 8.04. The van der Waals surface area contributed by atoms with Crippen LogP contribution in [-0.4, -0.2) is 47.8 Å². The fourth-order valence-electron chi connectivity index (χ4n) is 3.72. The summed E-state index contributed by atoms with van der Waals surface area (Å²) in [5.41, 5.74) is 2.46. The highest BCUT2D eigenvalue weighted by atomic mass is 16.6. The van der Waals surface area contributed by atoms with Crippen LogP contribution in [0.4, 0.5) is 17.1 Å². The molecule has 1 aliphatic heterocycles. The lowest BCUT2D eigenvalue weighted by molar-refractivity contribution is -0.384. The van der Waals surface area contributed by atoms with Crippen LogP contribution in [0.15, 0.2) is 54.6 Å². The van der Waals surface area contributed by atoms with Crippen molar-refractivity contribution in [1.82, 2.24) is 4.90 Å². The Morgan fingerprint density at radius 2 is 1.67 bits per heavy atom. The topological polar surface area (TPSA) is 95.8 Å². The molecule has 0 atom stereocenters. The third-order valence-electron chi connectivity index (χ3n) is 5.66. The predicted octanol–water partition coefficient (Wildman–Crippen LogP) is 4.48. The number of hydrogen-bond donors (Lipinski definition) is 1. The van der Waals surface area contributed by atoms with Crippen molar-refractivity contribution >= 4 is 35.0 Å². The largest absolute Gasteiger partial charge is 0.368 e. The molecule has 33 heavy (non-hydrogen) atoms. The molecule has 0 aromatic heterocycles. The Bertz CT molecular complexity index is 978. The molecule has 8 nitrogen and oxygen atoms in total. The summed E-state index contributed by atoms with van der Waals surface area (Å²) in [4.78, 5) is 38.9. The van der Waals surface area contributed by atoms with Gasteiger partial charge < -0.3 is 15.1 Å². The van der Waals surface area contributed by atoms with Crippen molar-refractivity contribution in [3.63, 3.8) is 0 Å². The zero-order chi connectivity index (χ0) is 23.6. The number of amides is 2. The van der Waals surface area contributed by atoms with E-state index in [2.05, 4.69) is 17.1 Å².